The third kappa shape index (κ3) is 6.15. The number of sulfonamides is 1. The second kappa shape index (κ2) is 10.6. The van der Waals surface area contributed by atoms with Crippen LogP contribution in [0.5, 0.6) is 17.2 Å². The molecule has 0 atom stereocenters. The van der Waals surface area contributed by atoms with E-state index in [0.29, 0.717) is 34.1 Å². The van der Waals surface area contributed by atoms with Gasteiger partial charge in [-0.3, -0.25) is 14.5 Å². The number of aliphatic hydroxyl groups excluding tert-OH is 1. The Morgan fingerprint density at radius 2 is 1.82 bits per heavy atom. The molecule has 0 spiro atoms. The summed E-state index contributed by atoms with van der Waals surface area (Å²) in [7, 11) is -0.434. The fourth-order valence-corrected chi connectivity index (χ4v) is 4.80. The SMILES string of the molecule is COc1c(NC(=O)c2cc3cccc(Oc4ccnc(CO)c4)c3n2C)cc(C(C)(C)C)cc1NS(C)(=O)=O. The van der Waals surface area contributed by atoms with E-state index in [2.05, 4.69) is 15.0 Å². The van der Waals surface area contributed by atoms with Crippen molar-refractivity contribution in [3.8, 4) is 17.2 Å². The molecule has 4 aromatic rings. The molecule has 2 heterocycles. The number of para-hydroxylation sites is 1. The van der Waals surface area contributed by atoms with Gasteiger partial charge in [0, 0.05) is 24.7 Å². The van der Waals surface area contributed by atoms with Crippen LogP contribution in [0, 0.1) is 0 Å². The third-order valence-corrected chi connectivity index (χ3v) is 6.72. The third-order valence-electron chi connectivity index (χ3n) is 6.13. The van der Waals surface area contributed by atoms with Gasteiger partial charge in [-0.2, -0.15) is 0 Å². The maximum atomic E-state index is 13.6. The van der Waals surface area contributed by atoms with Crippen molar-refractivity contribution in [1.29, 1.82) is 0 Å². The van der Waals surface area contributed by atoms with Crippen LogP contribution in [0.3, 0.4) is 0 Å². The predicted octanol–water partition coefficient (Wildman–Crippen LogP) is 4.79. The second-order valence-corrected chi connectivity index (χ2v) is 12.0. The normalized spacial score (nSPS) is 11.9. The van der Waals surface area contributed by atoms with Crippen LogP contribution in [-0.2, 0) is 29.1 Å². The number of nitrogens with zero attached hydrogens (tertiary/aromatic N) is 2. The van der Waals surface area contributed by atoms with Crippen molar-refractivity contribution in [3.63, 3.8) is 0 Å². The van der Waals surface area contributed by atoms with Gasteiger partial charge in [0.25, 0.3) is 5.91 Å². The quantitative estimate of drug-likeness (QED) is 0.286. The maximum absolute atomic E-state index is 13.6. The topological polar surface area (TPSA) is 132 Å². The van der Waals surface area contributed by atoms with Crippen molar-refractivity contribution < 1.29 is 27.8 Å². The van der Waals surface area contributed by atoms with E-state index in [1.54, 1.807) is 54.2 Å². The molecule has 39 heavy (non-hydrogen) atoms. The minimum Gasteiger partial charge on any atom is -0.492 e. The number of pyridine rings is 1. The molecule has 0 bridgehead atoms. The molecular weight excluding hydrogens is 520 g/mol. The first-order valence-electron chi connectivity index (χ1n) is 12.1. The average molecular weight is 553 g/mol. The van der Waals surface area contributed by atoms with Gasteiger partial charge < -0.3 is 24.5 Å². The molecule has 0 aliphatic carbocycles. The number of aryl methyl sites for hydroxylation is 1. The molecule has 10 nitrogen and oxygen atoms in total. The Morgan fingerprint density at radius 1 is 1.10 bits per heavy atom. The highest BCUT2D eigenvalue weighted by molar-refractivity contribution is 7.92. The van der Waals surface area contributed by atoms with Crippen LogP contribution in [0.2, 0.25) is 0 Å². The highest BCUT2D eigenvalue weighted by atomic mass is 32.2. The first-order chi connectivity index (χ1) is 18.3. The minimum absolute atomic E-state index is 0.196. The van der Waals surface area contributed by atoms with Crippen molar-refractivity contribution in [3.05, 3.63) is 71.7 Å². The van der Waals surface area contributed by atoms with Crippen molar-refractivity contribution in [2.45, 2.75) is 32.8 Å². The molecule has 2 aromatic heterocycles. The molecule has 2 aromatic carbocycles. The number of ether oxygens (including phenoxy) is 2. The number of anilines is 2. The van der Waals surface area contributed by atoms with Crippen molar-refractivity contribution in [2.75, 3.05) is 23.4 Å². The van der Waals surface area contributed by atoms with E-state index >= 15 is 0 Å². The zero-order valence-electron chi connectivity index (χ0n) is 22.7. The van der Waals surface area contributed by atoms with Gasteiger partial charge in [-0.25, -0.2) is 8.42 Å². The van der Waals surface area contributed by atoms with Crippen molar-refractivity contribution >= 4 is 38.2 Å². The molecule has 0 aliphatic heterocycles. The van der Waals surface area contributed by atoms with Crippen LogP contribution in [0.25, 0.3) is 10.9 Å². The summed E-state index contributed by atoms with van der Waals surface area (Å²) < 4.78 is 39.9. The summed E-state index contributed by atoms with van der Waals surface area (Å²) in [5.74, 6) is 0.808. The summed E-state index contributed by atoms with van der Waals surface area (Å²) in [4.78, 5) is 17.7. The minimum atomic E-state index is -3.61. The number of fused-ring (bicyclic) bond motifs is 1. The number of hydrogen-bond acceptors (Lipinski definition) is 7. The van der Waals surface area contributed by atoms with Gasteiger partial charge >= 0.3 is 0 Å². The molecule has 0 saturated carbocycles. The highest BCUT2D eigenvalue weighted by Crippen LogP contribution is 2.40. The van der Waals surface area contributed by atoms with Crippen LogP contribution in [0.15, 0.2) is 54.7 Å². The average Bonchev–Trinajstić information content (AvgIpc) is 3.20. The Kier molecular flexibility index (Phi) is 7.58. The fraction of sp³-hybridized carbons (Fsp3) is 0.286. The van der Waals surface area contributed by atoms with Gasteiger partial charge in [0.15, 0.2) is 11.5 Å². The molecule has 206 valence electrons. The van der Waals surface area contributed by atoms with Crippen LogP contribution in [0.1, 0.15) is 42.5 Å². The van der Waals surface area contributed by atoms with Crippen LogP contribution < -0.4 is 19.5 Å². The van der Waals surface area contributed by atoms with E-state index in [-0.39, 0.29) is 23.5 Å². The Bertz CT molecular complexity index is 1650. The van der Waals surface area contributed by atoms with Crippen molar-refractivity contribution in [2.24, 2.45) is 7.05 Å². The summed E-state index contributed by atoms with van der Waals surface area (Å²) >= 11 is 0. The van der Waals surface area contributed by atoms with E-state index in [1.165, 1.54) is 7.11 Å². The standard InChI is InChI=1S/C28H32N4O6S/c1-28(2,3)18-13-21(26(37-5)22(14-18)31-39(6,35)36)30-27(34)23-12-17-8-7-9-24(25(17)32(23)4)38-20-10-11-29-19(15-20)16-33/h7-15,31,33H,16H2,1-6H3,(H,30,34). The molecule has 0 radical (unpaired) electrons. The molecule has 4 rings (SSSR count). The van der Waals surface area contributed by atoms with Crippen molar-refractivity contribution in [1.82, 2.24) is 9.55 Å². The van der Waals surface area contributed by atoms with E-state index in [4.69, 9.17) is 9.47 Å². The molecule has 0 saturated heterocycles. The molecule has 0 fully saturated rings. The maximum Gasteiger partial charge on any atom is 0.272 e. The van der Waals surface area contributed by atoms with E-state index in [0.717, 1.165) is 17.2 Å². The van der Waals surface area contributed by atoms with Gasteiger partial charge in [-0.05, 0) is 41.3 Å². The molecule has 11 heteroatoms. The summed E-state index contributed by atoms with van der Waals surface area (Å²) in [6.45, 7) is 5.75. The number of aliphatic hydroxyl groups is 1. The molecule has 0 aliphatic rings. The second-order valence-electron chi connectivity index (χ2n) is 10.2. The number of aromatic nitrogens is 2. The monoisotopic (exact) mass is 552 g/mol. The molecule has 0 unspecified atom stereocenters. The summed E-state index contributed by atoms with van der Waals surface area (Å²) in [5, 5.41) is 13.1. The number of methoxy groups -OCH3 is 1. The number of amides is 1. The number of hydrogen-bond donors (Lipinski definition) is 3. The van der Waals surface area contributed by atoms with Crippen LogP contribution in [-0.4, -0.2) is 42.3 Å². The Morgan fingerprint density at radius 3 is 2.46 bits per heavy atom. The smallest absolute Gasteiger partial charge is 0.272 e. The zero-order valence-corrected chi connectivity index (χ0v) is 23.5. The highest BCUT2D eigenvalue weighted by Gasteiger charge is 2.24. The van der Waals surface area contributed by atoms with E-state index < -0.39 is 15.9 Å². The van der Waals surface area contributed by atoms with E-state index in [1.807, 2.05) is 32.9 Å². The van der Waals surface area contributed by atoms with Crippen LogP contribution in [0.4, 0.5) is 11.4 Å². The summed E-state index contributed by atoms with van der Waals surface area (Å²) in [6.07, 6.45) is 2.61. The number of rotatable bonds is 8. The van der Waals surface area contributed by atoms with E-state index in [9.17, 15) is 18.3 Å². The lowest BCUT2D eigenvalue weighted by Crippen LogP contribution is -2.19. The molecular formula is C28H32N4O6S. The predicted molar refractivity (Wildman–Crippen MR) is 151 cm³/mol. The summed E-state index contributed by atoms with van der Waals surface area (Å²) in [6, 6.07) is 14.1. The Hall–Kier alpha value is -4.09. The lowest BCUT2D eigenvalue weighted by atomic mass is 9.86. The Labute approximate surface area is 227 Å². The van der Waals surface area contributed by atoms with Crippen LogP contribution >= 0.6 is 0 Å². The fourth-order valence-electron chi connectivity index (χ4n) is 4.25. The summed E-state index contributed by atoms with van der Waals surface area (Å²) in [5.41, 5.74) is 2.55. The first kappa shape index (κ1) is 27.9. The Balaban J connectivity index is 1.75. The number of carbonyl (C=O) groups excluding carboxylic acids is 1. The first-order valence-corrected chi connectivity index (χ1v) is 14.0. The van der Waals surface area contributed by atoms with Gasteiger partial charge in [-0.1, -0.05) is 32.9 Å². The molecule has 1 amide bonds. The lowest BCUT2D eigenvalue weighted by Gasteiger charge is -2.24. The van der Waals surface area contributed by atoms with Gasteiger partial charge in [0.2, 0.25) is 10.0 Å². The van der Waals surface area contributed by atoms with Gasteiger partial charge in [-0.15, -0.1) is 0 Å². The molecule has 3 N–H and O–H groups in total. The number of benzene rings is 2. The largest absolute Gasteiger partial charge is 0.492 e. The van der Waals surface area contributed by atoms with Gasteiger partial charge in [0.1, 0.15) is 11.4 Å². The lowest BCUT2D eigenvalue weighted by molar-refractivity contribution is 0.101. The zero-order chi connectivity index (χ0) is 28.5. The number of carbonyl (C=O) groups is 1. The van der Waals surface area contributed by atoms with Gasteiger partial charge in [0.05, 0.1) is 42.6 Å². The number of nitrogens with one attached hydrogen (secondary N) is 2.